The van der Waals surface area contributed by atoms with Crippen molar-refractivity contribution in [3.05, 3.63) is 48.3 Å². The van der Waals surface area contributed by atoms with E-state index in [-0.39, 0.29) is 5.91 Å². The van der Waals surface area contributed by atoms with Gasteiger partial charge in [0.1, 0.15) is 11.4 Å². The van der Waals surface area contributed by atoms with E-state index < -0.39 is 48.1 Å². The van der Waals surface area contributed by atoms with E-state index in [9.17, 15) is 44.3 Å². The summed E-state index contributed by atoms with van der Waals surface area (Å²) >= 11 is 0. The van der Waals surface area contributed by atoms with Gasteiger partial charge in [0.15, 0.2) is 6.10 Å². The lowest BCUT2D eigenvalue weighted by Gasteiger charge is -2.46. The fourth-order valence-corrected chi connectivity index (χ4v) is 4.40. The molecule has 276 valence electrons. The van der Waals surface area contributed by atoms with Crippen LogP contribution in [0.15, 0.2) is 36.8 Å². The van der Waals surface area contributed by atoms with Crippen LogP contribution in [0.4, 0.5) is 39.5 Å². The summed E-state index contributed by atoms with van der Waals surface area (Å²) in [6.45, 7) is 8.62. The first-order chi connectivity index (χ1) is 22.5. The van der Waals surface area contributed by atoms with Crippen LogP contribution < -0.4 is 0 Å². The number of carbonyl (C=O) groups is 4. The molecule has 1 spiro atoms. The minimum atomic E-state index is -5.08. The van der Waals surface area contributed by atoms with Gasteiger partial charge in [-0.3, -0.25) is 14.7 Å². The van der Waals surface area contributed by atoms with Gasteiger partial charge in [-0.15, -0.1) is 0 Å². The largest absolute Gasteiger partial charge is 0.490 e. The van der Waals surface area contributed by atoms with E-state index >= 15 is 0 Å². The molecule has 1 amide bonds. The number of alkyl halides is 9. The molecule has 13 nitrogen and oxygen atoms in total. The molecule has 3 N–H and O–H groups in total. The molecule has 4 rings (SSSR count). The first kappa shape index (κ1) is 42.6. The second-order valence-corrected chi connectivity index (χ2v) is 10.0. The number of halogens is 9. The van der Waals surface area contributed by atoms with E-state index in [2.05, 4.69) is 25.5 Å². The van der Waals surface area contributed by atoms with Crippen molar-refractivity contribution in [1.29, 1.82) is 0 Å². The summed E-state index contributed by atoms with van der Waals surface area (Å²) in [6.07, 6.45) is -8.39. The van der Waals surface area contributed by atoms with Crippen LogP contribution in [0.2, 0.25) is 0 Å². The number of pyridine rings is 1. The fraction of sp³-hybridized carbons (Fsp3) is 0.556. The van der Waals surface area contributed by atoms with Gasteiger partial charge in [0, 0.05) is 51.3 Å². The van der Waals surface area contributed by atoms with Gasteiger partial charge in [0.05, 0.1) is 12.2 Å². The highest BCUT2D eigenvalue weighted by molar-refractivity contribution is 5.81. The van der Waals surface area contributed by atoms with Gasteiger partial charge in [-0.1, -0.05) is 6.07 Å². The standard InChI is InChI=1S/C21H29N5O2.3C2HF3O2/c1-3-25(4-2)19(27)18-16-26-14-11-23-20(26)21(28-18)8-12-24(13-9-21)15-17-7-5-6-10-22-17;3*3-2(4,5)1(6)7/h5-7,10-11,14,18H,3-4,8-9,12-13,15-16H2,1-2H3;3*(H,6,7). The van der Waals surface area contributed by atoms with E-state index in [0.29, 0.717) is 19.6 Å². The second kappa shape index (κ2) is 17.8. The highest BCUT2D eigenvalue weighted by atomic mass is 19.4. The number of likely N-dealkylation sites (N-methyl/N-ethyl adjacent to an activating group) is 1. The average Bonchev–Trinajstić information content (AvgIpc) is 3.49. The lowest BCUT2D eigenvalue weighted by Crippen LogP contribution is -2.54. The third-order valence-electron chi connectivity index (χ3n) is 6.71. The summed E-state index contributed by atoms with van der Waals surface area (Å²) in [6, 6.07) is 6.03. The number of rotatable bonds is 5. The highest BCUT2D eigenvalue weighted by Crippen LogP contribution is 2.40. The van der Waals surface area contributed by atoms with Crippen molar-refractivity contribution in [2.75, 3.05) is 26.2 Å². The fourth-order valence-electron chi connectivity index (χ4n) is 4.40. The van der Waals surface area contributed by atoms with Gasteiger partial charge in [-0.2, -0.15) is 39.5 Å². The number of aliphatic carboxylic acids is 3. The second-order valence-electron chi connectivity index (χ2n) is 10.0. The number of likely N-dealkylation sites (tertiary alicyclic amines) is 1. The number of carboxylic acids is 3. The van der Waals surface area contributed by atoms with Crippen LogP contribution in [0.25, 0.3) is 0 Å². The van der Waals surface area contributed by atoms with Crippen molar-refractivity contribution in [3.63, 3.8) is 0 Å². The number of nitrogens with zero attached hydrogens (tertiary/aromatic N) is 5. The number of hydrogen-bond donors (Lipinski definition) is 3. The van der Waals surface area contributed by atoms with Gasteiger partial charge in [0.2, 0.25) is 0 Å². The predicted molar refractivity (Wildman–Crippen MR) is 147 cm³/mol. The summed E-state index contributed by atoms with van der Waals surface area (Å²) in [5.41, 5.74) is 0.606. The van der Waals surface area contributed by atoms with E-state index in [1.165, 1.54) is 0 Å². The summed E-state index contributed by atoms with van der Waals surface area (Å²) in [4.78, 5) is 53.0. The van der Waals surface area contributed by atoms with E-state index in [4.69, 9.17) is 34.4 Å². The van der Waals surface area contributed by atoms with Gasteiger partial charge < -0.3 is 29.5 Å². The Hall–Kier alpha value is -4.47. The van der Waals surface area contributed by atoms with Crippen LogP contribution in [0.5, 0.6) is 0 Å². The van der Waals surface area contributed by atoms with Crippen LogP contribution in [0, 0.1) is 0 Å². The average molecular weight is 726 g/mol. The molecule has 4 heterocycles. The lowest BCUT2D eigenvalue weighted by molar-refractivity contribution is -0.193. The number of ether oxygens (including phenoxy) is 1. The minimum absolute atomic E-state index is 0.0830. The monoisotopic (exact) mass is 725 g/mol. The number of amides is 1. The number of carboxylic acid groups (broad SMARTS) is 3. The van der Waals surface area contributed by atoms with E-state index in [1.807, 2.05) is 49.5 Å². The van der Waals surface area contributed by atoms with Crippen LogP contribution in [-0.4, -0.2) is 114 Å². The zero-order valence-corrected chi connectivity index (χ0v) is 25.7. The molecule has 1 fully saturated rings. The third kappa shape index (κ3) is 13.5. The number of fused-ring (bicyclic) bond motifs is 2. The first-order valence-electron chi connectivity index (χ1n) is 14.0. The maximum atomic E-state index is 13.0. The van der Waals surface area contributed by atoms with Crippen LogP contribution in [0.3, 0.4) is 0 Å². The number of piperidine rings is 1. The molecule has 2 aromatic heterocycles. The molecule has 0 bridgehead atoms. The lowest BCUT2D eigenvalue weighted by atomic mass is 9.88. The Morgan fingerprint density at radius 1 is 0.837 bits per heavy atom. The van der Waals surface area contributed by atoms with Crippen LogP contribution in [0.1, 0.15) is 38.2 Å². The molecule has 49 heavy (non-hydrogen) atoms. The van der Waals surface area contributed by atoms with Crippen molar-refractivity contribution >= 4 is 23.8 Å². The Kier molecular flexibility index (Phi) is 15.4. The molecule has 0 radical (unpaired) electrons. The summed E-state index contributed by atoms with van der Waals surface area (Å²) in [5.74, 6) is -7.22. The third-order valence-corrected chi connectivity index (χ3v) is 6.71. The van der Waals surface area contributed by atoms with E-state index in [1.54, 1.807) is 0 Å². The Labute approximate surface area is 271 Å². The van der Waals surface area contributed by atoms with Crippen LogP contribution >= 0.6 is 0 Å². The number of aromatic nitrogens is 3. The van der Waals surface area contributed by atoms with Crippen LogP contribution in [-0.2, 0) is 42.6 Å². The molecule has 1 atom stereocenters. The Morgan fingerprint density at radius 3 is 1.69 bits per heavy atom. The highest BCUT2D eigenvalue weighted by Gasteiger charge is 2.47. The quantitative estimate of drug-likeness (QED) is 0.381. The Bertz CT molecular complexity index is 1320. The molecule has 1 unspecified atom stereocenters. The molecule has 22 heteroatoms. The molecular weight excluding hydrogens is 693 g/mol. The maximum Gasteiger partial charge on any atom is 0.490 e. The molecule has 0 saturated carbocycles. The molecule has 2 aliphatic rings. The van der Waals surface area contributed by atoms with Crippen molar-refractivity contribution in [2.45, 2.75) is 70.0 Å². The van der Waals surface area contributed by atoms with Crippen molar-refractivity contribution in [3.8, 4) is 0 Å². The topological polar surface area (TPSA) is 175 Å². The molecular formula is C27H32F9N5O8. The van der Waals surface area contributed by atoms with Gasteiger partial charge in [-0.05, 0) is 38.8 Å². The zero-order valence-electron chi connectivity index (χ0n) is 25.7. The summed E-state index contributed by atoms with van der Waals surface area (Å²) in [5, 5.41) is 21.4. The van der Waals surface area contributed by atoms with Gasteiger partial charge in [-0.25, -0.2) is 19.4 Å². The number of carbonyl (C=O) groups excluding carboxylic acids is 1. The van der Waals surface area contributed by atoms with E-state index in [0.717, 1.165) is 44.0 Å². The van der Waals surface area contributed by atoms with Crippen molar-refractivity contribution < 1.29 is 78.7 Å². The number of hydrogen-bond acceptors (Lipinski definition) is 8. The Morgan fingerprint density at radius 2 is 1.31 bits per heavy atom. The maximum absolute atomic E-state index is 13.0. The van der Waals surface area contributed by atoms with Crippen molar-refractivity contribution in [1.82, 2.24) is 24.3 Å². The molecule has 2 aromatic rings. The SMILES string of the molecule is CCN(CC)C(=O)C1Cn2ccnc2C2(CCN(Cc3ccccn3)CC2)O1.O=C(O)C(F)(F)F.O=C(O)C(F)(F)F.O=C(O)C(F)(F)F. The zero-order chi connectivity index (χ0) is 37.8. The van der Waals surface area contributed by atoms with Gasteiger partial charge in [0.25, 0.3) is 5.91 Å². The molecule has 2 aliphatic heterocycles. The summed E-state index contributed by atoms with van der Waals surface area (Å²) < 4.78 is 104. The smallest absolute Gasteiger partial charge is 0.475 e. The predicted octanol–water partition coefficient (Wildman–Crippen LogP) is 3.94. The first-order valence-corrected chi connectivity index (χ1v) is 14.0. The number of imidazole rings is 1. The normalized spacial score (nSPS) is 17.1. The van der Waals surface area contributed by atoms with Gasteiger partial charge >= 0.3 is 36.4 Å². The van der Waals surface area contributed by atoms with Crippen molar-refractivity contribution in [2.24, 2.45) is 0 Å². The molecule has 1 saturated heterocycles. The minimum Gasteiger partial charge on any atom is -0.475 e. The molecule has 0 aromatic carbocycles. The summed E-state index contributed by atoms with van der Waals surface area (Å²) in [7, 11) is 0. The molecule has 0 aliphatic carbocycles. The Balaban J connectivity index is 0.000000467.